The minimum absolute atomic E-state index is 0.138. The largest absolute Gasteiger partial charge is 0.392 e. The van der Waals surface area contributed by atoms with Crippen LogP contribution in [0.1, 0.15) is 60.9 Å². The lowest BCUT2D eigenvalue weighted by atomic mass is 9.90. The average molecular weight is 733 g/mol. The number of amides is 2. The number of hydrogen-bond acceptors (Lipinski definition) is 11. The van der Waals surface area contributed by atoms with E-state index in [1.807, 2.05) is 24.3 Å². The van der Waals surface area contributed by atoms with Crippen LogP contribution in [0.15, 0.2) is 55.4 Å². The predicted octanol–water partition coefficient (Wildman–Crippen LogP) is 4.57. The van der Waals surface area contributed by atoms with Crippen LogP contribution < -0.4 is 20.4 Å². The number of aromatic nitrogens is 5. The van der Waals surface area contributed by atoms with Crippen LogP contribution in [0.4, 0.5) is 28.7 Å². The molecule has 6 heterocycles. The Morgan fingerprint density at radius 1 is 1.11 bits per heavy atom. The monoisotopic (exact) mass is 732 g/mol. The fourth-order valence-electron chi connectivity index (χ4n) is 8.69. The van der Waals surface area contributed by atoms with Crippen LogP contribution in [-0.2, 0) is 35.5 Å². The summed E-state index contributed by atoms with van der Waals surface area (Å²) < 4.78 is 7.74. The molecular formula is C40H48N10O4. The SMILES string of the molecule is C=CC(=O)Nc1cc(Nc2cnnc(-c3ccnc(N4CCn5c(cc6c5CC(C)(C)C6)C4=O)c3CO)n2)ccc1N1CCN(C2CCOCC2)CC1C. The summed E-state index contributed by atoms with van der Waals surface area (Å²) >= 11 is 0. The van der Waals surface area contributed by atoms with Crippen molar-refractivity contribution in [1.29, 1.82) is 0 Å². The van der Waals surface area contributed by atoms with Crippen LogP contribution >= 0.6 is 0 Å². The number of hydrogen-bond donors (Lipinski definition) is 3. The Kier molecular flexibility index (Phi) is 9.67. The zero-order valence-corrected chi connectivity index (χ0v) is 31.2. The van der Waals surface area contributed by atoms with E-state index in [4.69, 9.17) is 9.72 Å². The third-order valence-corrected chi connectivity index (χ3v) is 11.3. The quantitative estimate of drug-likeness (QED) is 0.208. The fraction of sp³-hybridized carbons (Fsp3) is 0.450. The van der Waals surface area contributed by atoms with Crippen molar-refractivity contribution in [2.24, 2.45) is 5.41 Å². The molecule has 14 heteroatoms. The Labute approximate surface area is 315 Å². The van der Waals surface area contributed by atoms with Crippen molar-refractivity contribution in [1.82, 2.24) is 29.6 Å². The van der Waals surface area contributed by atoms with Gasteiger partial charge in [-0.3, -0.25) is 19.4 Å². The lowest BCUT2D eigenvalue weighted by molar-refractivity contribution is -0.111. The number of aliphatic hydroxyl groups excluding tert-OH is 1. The summed E-state index contributed by atoms with van der Waals surface area (Å²) in [4.78, 5) is 42.4. The van der Waals surface area contributed by atoms with Gasteiger partial charge in [-0.2, -0.15) is 5.10 Å². The summed E-state index contributed by atoms with van der Waals surface area (Å²) in [5, 5.41) is 25.5. The summed E-state index contributed by atoms with van der Waals surface area (Å²) in [7, 11) is 0. The van der Waals surface area contributed by atoms with Gasteiger partial charge in [0, 0.05) is 86.7 Å². The van der Waals surface area contributed by atoms with Crippen LogP contribution in [-0.4, -0.2) is 98.0 Å². The first kappa shape index (κ1) is 35.8. The van der Waals surface area contributed by atoms with E-state index < -0.39 is 0 Å². The highest BCUT2D eigenvalue weighted by atomic mass is 16.5. The highest BCUT2D eigenvalue weighted by Gasteiger charge is 2.38. The molecule has 3 aromatic heterocycles. The standard InChI is InChI=1S/C40H48N10O4/c1-5-36(52)44-31-19-27(6-7-32(31)48-13-12-47(23-25(48)2)28-9-16-54-17-10-28)43-35-22-42-46-37(45-35)29-8-11-41-38(30(29)24-51)50-15-14-49-33(39(50)53)18-26-20-40(3,4)21-34(26)49/h5-8,11,18-19,22,25,28,51H,1,9-10,12-17,20-21,23-24H2,2-4H3,(H,44,52)(H,43,45,46). The molecule has 3 N–H and O–H groups in total. The van der Waals surface area contributed by atoms with Gasteiger partial charge >= 0.3 is 0 Å². The first-order valence-electron chi connectivity index (χ1n) is 18.9. The Balaban J connectivity index is 1.03. The molecule has 3 aliphatic heterocycles. The predicted molar refractivity (Wildman–Crippen MR) is 207 cm³/mol. The molecule has 1 aliphatic carbocycles. The maximum absolute atomic E-state index is 13.9. The van der Waals surface area contributed by atoms with Crippen LogP contribution in [0.5, 0.6) is 0 Å². The molecule has 0 radical (unpaired) electrons. The Morgan fingerprint density at radius 2 is 1.94 bits per heavy atom. The van der Waals surface area contributed by atoms with Gasteiger partial charge in [-0.05, 0) is 80.0 Å². The number of carbonyl (C=O) groups excluding carboxylic acids is 2. The summed E-state index contributed by atoms with van der Waals surface area (Å²) in [6.45, 7) is 15.4. The van der Waals surface area contributed by atoms with E-state index in [-0.39, 0.29) is 35.7 Å². The molecule has 0 bridgehead atoms. The highest BCUT2D eigenvalue weighted by Crippen LogP contribution is 2.40. The first-order valence-corrected chi connectivity index (χ1v) is 18.9. The van der Waals surface area contributed by atoms with Gasteiger partial charge in [0.25, 0.3) is 5.91 Å². The van der Waals surface area contributed by atoms with E-state index in [1.165, 1.54) is 23.5 Å². The smallest absolute Gasteiger partial charge is 0.276 e. The number of rotatable bonds is 9. The molecule has 2 amide bonds. The maximum atomic E-state index is 13.9. The van der Waals surface area contributed by atoms with Gasteiger partial charge in [0.1, 0.15) is 11.5 Å². The van der Waals surface area contributed by atoms with E-state index >= 15 is 0 Å². The summed E-state index contributed by atoms with van der Waals surface area (Å²) in [5.74, 6) is 0.636. The van der Waals surface area contributed by atoms with Crippen LogP contribution in [0.3, 0.4) is 0 Å². The molecule has 4 aromatic rings. The number of piperazine rings is 1. The van der Waals surface area contributed by atoms with Crippen molar-refractivity contribution in [2.45, 2.75) is 71.7 Å². The van der Waals surface area contributed by atoms with Crippen LogP contribution in [0.25, 0.3) is 11.4 Å². The van der Waals surface area contributed by atoms with Crippen molar-refractivity contribution in [2.75, 3.05) is 59.8 Å². The van der Waals surface area contributed by atoms with E-state index in [2.05, 4.69) is 67.5 Å². The number of benzene rings is 1. The molecule has 1 aromatic carbocycles. The minimum atomic E-state index is -0.370. The molecular weight excluding hydrogens is 685 g/mol. The molecule has 8 rings (SSSR count). The van der Waals surface area contributed by atoms with Gasteiger partial charge in [-0.15, -0.1) is 5.10 Å². The Hall–Kier alpha value is -5.18. The number of anilines is 5. The molecule has 54 heavy (non-hydrogen) atoms. The second kappa shape index (κ2) is 14.6. The zero-order valence-electron chi connectivity index (χ0n) is 31.2. The van der Waals surface area contributed by atoms with E-state index in [0.717, 1.165) is 64.2 Å². The number of pyridine rings is 1. The van der Waals surface area contributed by atoms with Gasteiger partial charge < -0.3 is 29.9 Å². The lowest BCUT2D eigenvalue weighted by Gasteiger charge is -2.45. The lowest BCUT2D eigenvalue weighted by Crippen LogP contribution is -2.56. The Bertz CT molecular complexity index is 2090. The maximum Gasteiger partial charge on any atom is 0.276 e. The van der Waals surface area contributed by atoms with Gasteiger partial charge in [0.05, 0.1) is 24.2 Å². The molecule has 1 unspecified atom stereocenters. The summed E-state index contributed by atoms with van der Waals surface area (Å²) in [6.07, 6.45) is 8.40. The van der Waals surface area contributed by atoms with Crippen LogP contribution in [0.2, 0.25) is 0 Å². The molecule has 2 saturated heterocycles. The third-order valence-electron chi connectivity index (χ3n) is 11.3. The second-order valence-corrected chi connectivity index (χ2v) is 15.5. The van der Waals surface area contributed by atoms with Crippen molar-refractivity contribution in [3.8, 4) is 11.4 Å². The van der Waals surface area contributed by atoms with Crippen molar-refractivity contribution in [3.05, 3.63) is 77.9 Å². The van der Waals surface area contributed by atoms with E-state index in [1.54, 1.807) is 17.2 Å². The fourth-order valence-corrected chi connectivity index (χ4v) is 8.69. The van der Waals surface area contributed by atoms with Gasteiger partial charge in [0.15, 0.2) is 11.6 Å². The third kappa shape index (κ3) is 6.85. The Morgan fingerprint density at radius 3 is 2.72 bits per heavy atom. The molecule has 2 fully saturated rings. The van der Waals surface area contributed by atoms with Crippen molar-refractivity contribution in [3.63, 3.8) is 0 Å². The number of nitrogens with one attached hydrogen (secondary N) is 2. The minimum Gasteiger partial charge on any atom is -0.392 e. The number of aliphatic hydroxyl groups is 1. The van der Waals surface area contributed by atoms with Crippen molar-refractivity contribution >= 4 is 40.5 Å². The van der Waals surface area contributed by atoms with E-state index in [9.17, 15) is 14.7 Å². The topological polar surface area (TPSA) is 154 Å². The van der Waals surface area contributed by atoms with Gasteiger partial charge in [0.2, 0.25) is 5.91 Å². The number of fused-ring (bicyclic) bond motifs is 3. The van der Waals surface area contributed by atoms with Gasteiger partial charge in [-0.25, -0.2) is 9.97 Å². The first-order chi connectivity index (χ1) is 26.1. The molecule has 4 aliphatic rings. The molecule has 282 valence electrons. The molecule has 0 saturated carbocycles. The normalized spacial score (nSPS) is 20.1. The zero-order chi connectivity index (χ0) is 37.6. The molecule has 0 spiro atoms. The summed E-state index contributed by atoms with van der Waals surface area (Å²) in [5.41, 5.74) is 6.59. The van der Waals surface area contributed by atoms with Crippen molar-refractivity contribution < 1.29 is 19.4 Å². The van der Waals surface area contributed by atoms with Crippen LogP contribution in [0, 0.1) is 5.41 Å². The molecule has 14 nitrogen and oxygen atoms in total. The second-order valence-electron chi connectivity index (χ2n) is 15.5. The number of ether oxygens (including phenoxy) is 1. The highest BCUT2D eigenvalue weighted by molar-refractivity contribution is 6.06. The average Bonchev–Trinajstić information content (AvgIpc) is 3.67. The number of nitrogens with zero attached hydrogens (tertiary/aromatic N) is 8. The van der Waals surface area contributed by atoms with E-state index in [0.29, 0.717) is 59.0 Å². The van der Waals surface area contributed by atoms with Gasteiger partial charge in [-0.1, -0.05) is 20.4 Å². The molecule has 1 atom stereocenters. The summed E-state index contributed by atoms with van der Waals surface area (Å²) in [6, 6.07) is 10.4. The number of carbonyl (C=O) groups is 2.